The highest BCUT2D eigenvalue weighted by molar-refractivity contribution is 5.85. The van der Waals surface area contributed by atoms with Gasteiger partial charge in [-0.2, -0.15) is 0 Å². The van der Waals surface area contributed by atoms with Crippen molar-refractivity contribution >= 4 is 11.8 Å². The fraction of sp³-hybridized carbons (Fsp3) is 0.636. The molecule has 6 heteroatoms. The van der Waals surface area contributed by atoms with Gasteiger partial charge in [-0.3, -0.25) is 14.5 Å². The van der Waals surface area contributed by atoms with Crippen LogP contribution >= 0.6 is 0 Å². The van der Waals surface area contributed by atoms with Crippen LogP contribution in [0.2, 0.25) is 0 Å². The van der Waals surface area contributed by atoms with Gasteiger partial charge in [-0.15, -0.1) is 0 Å². The zero-order chi connectivity index (χ0) is 19.8. The summed E-state index contributed by atoms with van der Waals surface area (Å²) in [5, 5.41) is 5.78. The van der Waals surface area contributed by atoms with Crippen molar-refractivity contribution in [1.29, 1.82) is 0 Å². The Morgan fingerprint density at radius 2 is 1.71 bits per heavy atom. The maximum absolute atomic E-state index is 12.0. The third kappa shape index (κ3) is 6.23. The molecule has 1 aromatic rings. The van der Waals surface area contributed by atoms with Crippen molar-refractivity contribution in [3.05, 3.63) is 29.8 Å². The normalized spacial score (nSPS) is 18.8. The van der Waals surface area contributed by atoms with Crippen molar-refractivity contribution < 1.29 is 14.3 Å². The van der Waals surface area contributed by atoms with Crippen molar-refractivity contribution in [2.75, 3.05) is 33.3 Å². The lowest BCUT2D eigenvalue weighted by molar-refractivity contribution is -0.128. The quantitative estimate of drug-likeness (QED) is 0.718. The van der Waals surface area contributed by atoms with Crippen LogP contribution in [0.1, 0.15) is 44.1 Å². The highest BCUT2D eigenvalue weighted by Crippen LogP contribution is 2.24. The molecule has 1 aromatic carbocycles. The molecule has 0 unspecified atom stereocenters. The van der Waals surface area contributed by atoms with E-state index in [0.717, 1.165) is 63.9 Å². The molecule has 2 fully saturated rings. The van der Waals surface area contributed by atoms with Gasteiger partial charge in [0.15, 0.2) is 0 Å². The monoisotopic (exact) mass is 387 g/mol. The average molecular weight is 388 g/mol. The zero-order valence-electron chi connectivity index (χ0n) is 16.9. The molecule has 1 aliphatic heterocycles. The molecule has 0 spiro atoms. The second-order valence-corrected chi connectivity index (χ2v) is 8.07. The first-order chi connectivity index (χ1) is 13.6. The Bertz CT molecular complexity index is 633. The van der Waals surface area contributed by atoms with E-state index in [2.05, 4.69) is 27.7 Å². The van der Waals surface area contributed by atoms with E-state index in [1.807, 2.05) is 12.1 Å². The minimum absolute atomic E-state index is 0.0412. The molecule has 0 bridgehead atoms. The molecule has 154 valence electrons. The van der Waals surface area contributed by atoms with Crippen LogP contribution in [0, 0.1) is 11.8 Å². The number of methoxy groups -OCH3 is 1. The van der Waals surface area contributed by atoms with Gasteiger partial charge in [0.25, 0.3) is 0 Å². The highest BCUT2D eigenvalue weighted by atomic mass is 16.5. The molecule has 2 amide bonds. The lowest BCUT2D eigenvalue weighted by atomic mass is 9.96. The van der Waals surface area contributed by atoms with E-state index in [0.29, 0.717) is 12.5 Å². The third-order valence-corrected chi connectivity index (χ3v) is 6.01. The maximum atomic E-state index is 12.0. The molecule has 1 aliphatic carbocycles. The topological polar surface area (TPSA) is 70.7 Å². The van der Waals surface area contributed by atoms with Crippen LogP contribution in [0.5, 0.6) is 5.75 Å². The van der Waals surface area contributed by atoms with Crippen molar-refractivity contribution in [1.82, 2.24) is 15.5 Å². The fourth-order valence-electron chi connectivity index (χ4n) is 4.16. The Morgan fingerprint density at radius 3 is 2.36 bits per heavy atom. The molecule has 2 aliphatic rings. The van der Waals surface area contributed by atoms with Gasteiger partial charge in [-0.05, 0) is 62.4 Å². The Morgan fingerprint density at radius 1 is 1.04 bits per heavy atom. The number of rotatable bonds is 8. The molecular formula is C22H33N3O3. The number of nitrogens with one attached hydrogen (secondary N) is 2. The highest BCUT2D eigenvalue weighted by Gasteiger charge is 2.23. The van der Waals surface area contributed by atoms with Gasteiger partial charge in [0.1, 0.15) is 5.75 Å². The Labute approximate surface area is 168 Å². The van der Waals surface area contributed by atoms with E-state index in [1.165, 1.54) is 5.56 Å². The number of carbonyl (C=O) groups excluding carboxylic acids is 2. The van der Waals surface area contributed by atoms with E-state index >= 15 is 0 Å². The summed E-state index contributed by atoms with van der Waals surface area (Å²) in [6, 6.07) is 8.24. The van der Waals surface area contributed by atoms with Gasteiger partial charge < -0.3 is 15.4 Å². The van der Waals surface area contributed by atoms with E-state index in [1.54, 1.807) is 7.11 Å². The minimum atomic E-state index is -0.0768. The first-order valence-electron chi connectivity index (χ1n) is 10.5. The smallest absolute Gasteiger partial charge is 0.239 e. The lowest BCUT2D eigenvalue weighted by Crippen LogP contribution is -2.42. The van der Waals surface area contributed by atoms with Crippen molar-refractivity contribution in [3.63, 3.8) is 0 Å². The summed E-state index contributed by atoms with van der Waals surface area (Å²) in [4.78, 5) is 26.5. The third-order valence-electron chi connectivity index (χ3n) is 6.01. The van der Waals surface area contributed by atoms with Gasteiger partial charge in [0, 0.05) is 19.0 Å². The van der Waals surface area contributed by atoms with Crippen molar-refractivity contribution in [2.24, 2.45) is 11.8 Å². The van der Waals surface area contributed by atoms with E-state index in [9.17, 15) is 9.59 Å². The molecule has 2 N–H and O–H groups in total. The van der Waals surface area contributed by atoms with Gasteiger partial charge in [-0.1, -0.05) is 25.0 Å². The summed E-state index contributed by atoms with van der Waals surface area (Å²) in [7, 11) is 1.68. The van der Waals surface area contributed by atoms with Crippen LogP contribution in [0.4, 0.5) is 0 Å². The second kappa shape index (κ2) is 10.5. The molecule has 3 rings (SSSR count). The molecule has 1 heterocycles. The Kier molecular flexibility index (Phi) is 7.71. The number of piperidine rings is 1. The number of ether oxygens (including phenoxy) is 1. The van der Waals surface area contributed by atoms with Crippen LogP contribution in [-0.2, 0) is 16.1 Å². The summed E-state index contributed by atoms with van der Waals surface area (Å²) >= 11 is 0. The van der Waals surface area contributed by atoms with Crippen LogP contribution in [0.25, 0.3) is 0 Å². The predicted octanol–water partition coefficient (Wildman–Crippen LogP) is 2.33. The minimum Gasteiger partial charge on any atom is -0.497 e. The van der Waals surface area contributed by atoms with Crippen LogP contribution in [-0.4, -0.2) is 50.0 Å². The van der Waals surface area contributed by atoms with Crippen LogP contribution in [0.15, 0.2) is 24.3 Å². The first kappa shape index (κ1) is 20.6. The largest absolute Gasteiger partial charge is 0.497 e. The number of likely N-dealkylation sites (tertiary alicyclic amines) is 1. The number of carbonyl (C=O) groups is 2. The van der Waals surface area contributed by atoms with Gasteiger partial charge >= 0.3 is 0 Å². The van der Waals surface area contributed by atoms with E-state index < -0.39 is 0 Å². The molecule has 28 heavy (non-hydrogen) atoms. The summed E-state index contributed by atoms with van der Waals surface area (Å²) in [6.45, 7) is 3.85. The van der Waals surface area contributed by atoms with Crippen molar-refractivity contribution in [3.8, 4) is 5.75 Å². The number of hydrogen-bond donors (Lipinski definition) is 2. The summed E-state index contributed by atoms with van der Waals surface area (Å²) in [6.07, 6.45) is 6.35. The molecule has 1 saturated carbocycles. The molecule has 0 aromatic heterocycles. The van der Waals surface area contributed by atoms with Gasteiger partial charge in [-0.25, -0.2) is 0 Å². The molecule has 0 atom stereocenters. The standard InChI is InChI=1S/C22H33N3O3/c1-28-20-8-6-18(7-9-20)16-25-12-10-17(11-13-25)14-23-21(26)15-24-22(27)19-4-2-3-5-19/h6-9,17,19H,2-5,10-16H2,1H3,(H,23,26)(H,24,27). The summed E-state index contributed by atoms with van der Waals surface area (Å²) < 4.78 is 5.20. The Hall–Kier alpha value is -2.08. The zero-order valence-corrected chi connectivity index (χ0v) is 16.9. The molecule has 1 saturated heterocycles. The van der Waals surface area contributed by atoms with Gasteiger partial charge in [0.2, 0.25) is 11.8 Å². The second-order valence-electron chi connectivity index (χ2n) is 8.07. The Balaban J connectivity index is 1.29. The lowest BCUT2D eigenvalue weighted by Gasteiger charge is -2.32. The average Bonchev–Trinajstić information content (AvgIpc) is 3.27. The number of nitrogens with zero attached hydrogens (tertiary/aromatic N) is 1. The maximum Gasteiger partial charge on any atom is 0.239 e. The van der Waals surface area contributed by atoms with Crippen LogP contribution in [0.3, 0.4) is 0 Å². The number of amides is 2. The van der Waals surface area contributed by atoms with Crippen LogP contribution < -0.4 is 15.4 Å². The predicted molar refractivity (Wildman–Crippen MR) is 109 cm³/mol. The van der Waals surface area contributed by atoms with Crippen molar-refractivity contribution in [2.45, 2.75) is 45.1 Å². The molecule has 6 nitrogen and oxygen atoms in total. The first-order valence-corrected chi connectivity index (χ1v) is 10.5. The molecule has 0 radical (unpaired) electrons. The number of hydrogen-bond acceptors (Lipinski definition) is 4. The fourth-order valence-corrected chi connectivity index (χ4v) is 4.16. The summed E-state index contributed by atoms with van der Waals surface area (Å²) in [5.74, 6) is 1.48. The summed E-state index contributed by atoms with van der Waals surface area (Å²) in [5.41, 5.74) is 1.30. The SMILES string of the molecule is COc1ccc(CN2CCC(CNC(=O)CNC(=O)C3CCCC3)CC2)cc1. The van der Waals surface area contributed by atoms with Gasteiger partial charge in [0.05, 0.1) is 13.7 Å². The van der Waals surface area contributed by atoms with E-state index in [-0.39, 0.29) is 24.3 Å². The number of benzene rings is 1. The van der Waals surface area contributed by atoms with E-state index in [4.69, 9.17) is 4.74 Å². The molecular weight excluding hydrogens is 354 g/mol.